The Labute approximate surface area is 115 Å². The maximum Gasteiger partial charge on any atom is 0.267 e. The highest BCUT2D eigenvalue weighted by Gasteiger charge is 2.15. The monoisotopic (exact) mass is 303 g/mol. The molecule has 0 aromatic rings. The molecule has 1 unspecified atom stereocenters. The molecule has 1 atom stereocenters. The smallest absolute Gasteiger partial charge is 0.267 e. The van der Waals surface area contributed by atoms with Crippen molar-refractivity contribution in [3.63, 3.8) is 0 Å². The number of halogens is 2. The molecule has 7 heteroatoms. The van der Waals surface area contributed by atoms with Crippen LogP contribution in [0, 0.1) is 0 Å². The Bertz CT molecular complexity index is 287. The zero-order chi connectivity index (χ0) is 13.9. The van der Waals surface area contributed by atoms with E-state index in [0.717, 1.165) is 38.5 Å². The summed E-state index contributed by atoms with van der Waals surface area (Å²) in [5, 5.41) is 0. The van der Waals surface area contributed by atoms with Crippen LogP contribution in [0.4, 0.5) is 8.78 Å². The van der Waals surface area contributed by atoms with Gasteiger partial charge in [-0.2, -0.15) is 8.42 Å². The number of hydrogen-bond acceptors (Lipinski definition) is 3. The van der Waals surface area contributed by atoms with E-state index in [-0.39, 0.29) is 19.2 Å². The molecule has 4 nitrogen and oxygen atoms in total. The summed E-state index contributed by atoms with van der Waals surface area (Å²) in [6.07, 6.45) is 5.96. The van der Waals surface area contributed by atoms with Crippen LogP contribution >= 0.6 is 0 Å². The van der Waals surface area contributed by atoms with Gasteiger partial charge in [-0.3, -0.25) is 8.94 Å². The van der Waals surface area contributed by atoms with Crippen LogP contribution in [0.25, 0.3) is 0 Å². The Morgan fingerprint density at radius 2 is 1.32 bits per heavy atom. The quantitative estimate of drug-likeness (QED) is 0.423. The topological polar surface area (TPSA) is 89.4 Å². The maximum atomic E-state index is 13.0. The summed E-state index contributed by atoms with van der Waals surface area (Å²) in [6.45, 7) is -0.244. The fourth-order valence-corrected chi connectivity index (χ4v) is 2.46. The fourth-order valence-electron chi connectivity index (χ4n) is 1.83. The molecule has 0 aromatic carbocycles. The first-order chi connectivity index (χ1) is 8.45. The molecule has 0 amide bonds. The Hall–Kier alpha value is -0.270. The Balaban J connectivity index is 0. The lowest BCUT2D eigenvalue weighted by atomic mass is 10.1. The second-order valence-corrected chi connectivity index (χ2v) is 6.15. The first kappa shape index (κ1) is 21.0. The van der Waals surface area contributed by atoms with E-state index in [1.165, 1.54) is 0 Å². The van der Waals surface area contributed by atoms with Crippen LogP contribution in [-0.2, 0) is 10.1 Å². The Kier molecular flexibility index (Phi) is 14.1. The van der Waals surface area contributed by atoms with Crippen molar-refractivity contribution in [3.8, 4) is 0 Å². The Morgan fingerprint density at radius 3 is 1.74 bits per heavy atom. The molecule has 0 aliphatic rings. The van der Waals surface area contributed by atoms with E-state index >= 15 is 0 Å². The molecule has 0 radical (unpaired) electrons. The fraction of sp³-hybridized carbons (Fsp3) is 1.00. The van der Waals surface area contributed by atoms with Crippen molar-refractivity contribution >= 4 is 10.1 Å². The second-order valence-electron chi connectivity index (χ2n) is 4.65. The van der Waals surface area contributed by atoms with Crippen molar-refractivity contribution in [1.29, 1.82) is 0 Å². The molecule has 0 bridgehead atoms. The molecule has 19 heavy (non-hydrogen) atoms. The number of hydrogen-bond donors (Lipinski definition) is 2. The van der Waals surface area contributed by atoms with E-state index in [1.807, 2.05) is 0 Å². The molecule has 0 rings (SSSR count). The normalized spacial score (nSPS) is 13.0. The minimum Gasteiger partial charge on any atom is -0.344 e. The number of unbranched alkanes of at least 4 members (excludes halogenated alkanes) is 7. The largest absolute Gasteiger partial charge is 0.344 e. The van der Waals surface area contributed by atoms with Gasteiger partial charge in [-0.15, -0.1) is 0 Å². The summed E-state index contributed by atoms with van der Waals surface area (Å²) in [5.74, 6) is -0.795. The molecule has 118 valence electrons. The summed E-state index contributed by atoms with van der Waals surface area (Å²) in [4.78, 5) is 0. The highest BCUT2D eigenvalue weighted by Crippen LogP contribution is 2.12. The van der Waals surface area contributed by atoms with Crippen LogP contribution in [0.15, 0.2) is 0 Å². The number of rotatable bonds is 12. The third-order valence-electron chi connectivity index (χ3n) is 2.79. The standard InChI is InChI=1S/C12H24F2O3S.H3N/c13-10-8-6-4-2-1-3-5-7-9-12(14)11-18(15,16)17;/h12H,1-11H2,(H,15,16,17);1H3. The molecule has 0 saturated carbocycles. The third kappa shape index (κ3) is 17.7. The predicted octanol–water partition coefficient (Wildman–Crippen LogP) is 3.85. The summed E-state index contributed by atoms with van der Waals surface area (Å²) in [7, 11) is -4.19. The van der Waals surface area contributed by atoms with Crippen LogP contribution in [-0.4, -0.2) is 31.6 Å². The van der Waals surface area contributed by atoms with Gasteiger partial charge in [0.05, 0.1) is 6.67 Å². The molecular weight excluding hydrogens is 276 g/mol. The summed E-state index contributed by atoms with van der Waals surface area (Å²) in [6, 6.07) is 0. The molecular formula is C12H27F2NO3S. The Morgan fingerprint density at radius 1 is 0.895 bits per heavy atom. The molecule has 0 aromatic heterocycles. The second kappa shape index (κ2) is 12.7. The predicted molar refractivity (Wildman–Crippen MR) is 73.9 cm³/mol. The van der Waals surface area contributed by atoms with E-state index in [4.69, 9.17) is 4.55 Å². The molecule has 4 N–H and O–H groups in total. The zero-order valence-electron chi connectivity index (χ0n) is 11.5. The van der Waals surface area contributed by atoms with Gasteiger partial charge < -0.3 is 6.15 Å². The van der Waals surface area contributed by atoms with Crippen molar-refractivity contribution in [3.05, 3.63) is 0 Å². The van der Waals surface area contributed by atoms with Crippen LogP contribution < -0.4 is 6.15 Å². The van der Waals surface area contributed by atoms with Gasteiger partial charge in [0.1, 0.15) is 11.9 Å². The van der Waals surface area contributed by atoms with Gasteiger partial charge in [0, 0.05) is 0 Å². The van der Waals surface area contributed by atoms with Gasteiger partial charge in [0.2, 0.25) is 0 Å². The third-order valence-corrected chi connectivity index (χ3v) is 3.58. The summed E-state index contributed by atoms with van der Waals surface area (Å²) >= 11 is 0. The van der Waals surface area contributed by atoms with E-state index in [1.54, 1.807) is 0 Å². The molecule has 0 heterocycles. The van der Waals surface area contributed by atoms with Crippen molar-refractivity contribution in [2.24, 2.45) is 0 Å². The molecule has 0 fully saturated rings. The van der Waals surface area contributed by atoms with Crippen LogP contribution in [0.2, 0.25) is 0 Å². The van der Waals surface area contributed by atoms with Crippen LogP contribution in [0.1, 0.15) is 57.8 Å². The summed E-state index contributed by atoms with van der Waals surface area (Å²) in [5.41, 5.74) is 0. The minimum atomic E-state index is -4.19. The van der Waals surface area contributed by atoms with E-state index in [9.17, 15) is 17.2 Å². The maximum absolute atomic E-state index is 13.0. The SMILES string of the molecule is N.O=S(=O)(O)CC(F)CCCCCCCCCCF. The molecule has 0 spiro atoms. The molecule has 0 aliphatic heterocycles. The minimum absolute atomic E-state index is 0. The van der Waals surface area contributed by atoms with Gasteiger partial charge in [0.25, 0.3) is 10.1 Å². The van der Waals surface area contributed by atoms with Crippen LogP contribution in [0.3, 0.4) is 0 Å². The van der Waals surface area contributed by atoms with Gasteiger partial charge >= 0.3 is 0 Å². The van der Waals surface area contributed by atoms with Crippen molar-refractivity contribution in [2.75, 3.05) is 12.4 Å². The van der Waals surface area contributed by atoms with E-state index < -0.39 is 22.0 Å². The van der Waals surface area contributed by atoms with Crippen molar-refractivity contribution < 1.29 is 21.8 Å². The average Bonchev–Trinajstić information content (AvgIpc) is 2.24. The van der Waals surface area contributed by atoms with Gasteiger partial charge in [-0.25, -0.2) is 4.39 Å². The van der Waals surface area contributed by atoms with E-state index in [0.29, 0.717) is 12.8 Å². The van der Waals surface area contributed by atoms with Gasteiger partial charge in [-0.05, 0) is 12.8 Å². The van der Waals surface area contributed by atoms with Crippen molar-refractivity contribution in [1.82, 2.24) is 6.15 Å². The highest BCUT2D eigenvalue weighted by atomic mass is 32.2. The lowest BCUT2D eigenvalue weighted by molar-refractivity contribution is 0.324. The average molecular weight is 303 g/mol. The number of alkyl halides is 2. The zero-order valence-corrected chi connectivity index (χ0v) is 12.3. The lowest BCUT2D eigenvalue weighted by Gasteiger charge is -2.05. The first-order valence-electron chi connectivity index (χ1n) is 6.61. The molecule has 0 aliphatic carbocycles. The lowest BCUT2D eigenvalue weighted by Crippen LogP contribution is -2.16. The van der Waals surface area contributed by atoms with Crippen molar-refractivity contribution in [2.45, 2.75) is 64.0 Å². The van der Waals surface area contributed by atoms with Gasteiger partial charge in [0.15, 0.2) is 0 Å². The van der Waals surface area contributed by atoms with E-state index in [2.05, 4.69) is 0 Å². The molecule has 0 saturated heterocycles. The summed E-state index contributed by atoms with van der Waals surface area (Å²) < 4.78 is 54.0. The van der Waals surface area contributed by atoms with Crippen LogP contribution in [0.5, 0.6) is 0 Å². The first-order valence-corrected chi connectivity index (χ1v) is 8.22. The highest BCUT2D eigenvalue weighted by molar-refractivity contribution is 7.85. The van der Waals surface area contributed by atoms with Gasteiger partial charge in [-0.1, -0.05) is 44.9 Å².